The summed E-state index contributed by atoms with van der Waals surface area (Å²) >= 11 is 10.9. The van der Waals surface area contributed by atoms with Gasteiger partial charge in [0, 0.05) is 35.6 Å². The lowest BCUT2D eigenvalue weighted by Gasteiger charge is -2.35. The Hall–Kier alpha value is -1.96. The number of benzene rings is 1. The zero-order chi connectivity index (χ0) is 22.3. The third-order valence-corrected chi connectivity index (χ3v) is 7.96. The monoisotopic (exact) mass is 500 g/mol. The van der Waals surface area contributed by atoms with Gasteiger partial charge >= 0.3 is 0 Å². The summed E-state index contributed by atoms with van der Waals surface area (Å²) in [6, 6.07) is 4.94. The van der Waals surface area contributed by atoms with Crippen LogP contribution in [-0.2, 0) is 23.0 Å². The Balaban J connectivity index is 1.54. The lowest BCUT2D eigenvalue weighted by atomic mass is 10.0. The molecule has 3 heterocycles. The van der Waals surface area contributed by atoms with Crippen LogP contribution in [0.3, 0.4) is 0 Å². The van der Waals surface area contributed by atoms with Crippen LogP contribution in [0.2, 0.25) is 5.02 Å². The molecule has 8 nitrogen and oxygen atoms in total. The molecule has 0 spiro atoms. The number of amides is 1. The number of likely N-dealkylation sites (N-methyl/N-ethyl adjacent to an activating group) is 1. The van der Waals surface area contributed by atoms with Gasteiger partial charge in [-0.3, -0.25) is 9.89 Å². The van der Waals surface area contributed by atoms with E-state index in [4.69, 9.17) is 23.8 Å². The van der Waals surface area contributed by atoms with Crippen LogP contribution in [0.15, 0.2) is 29.6 Å². The van der Waals surface area contributed by atoms with Crippen molar-refractivity contribution >= 4 is 57.9 Å². The van der Waals surface area contributed by atoms with E-state index in [0.29, 0.717) is 22.7 Å². The van der Waals surface area contributed by atoms with Crippen LogP contribution in [0.4, 0.5) is 10.1 Å². The topological polar surface area (TPSA) is 95.1 Å². The molecule has 0 aliphatic carbocycles. The van der Waals surface area contributed by atoms with Gasteiger partial charge in [-0.1, -0.05) is 11.6 Å². The minimum Gasteiger partial charge on any atom is -0.325 e. The number of nitrogens with zero attached hydrogens (tertiary/aromatic N) is 3. The van der Waals surface area contributed by atoms with E-state index in [1.165, 1.54) is 33.8 Å². The van der Waals surface area contributed by atoms with Crippen molar-refractivity contribution in [3.05, 3.63) is 50.1 Å². The number of hydrogen-bond acceptors (Lipinski definition) is 5. The lowest BCUT2D eigenvalue weighted by molar-refractivity contribution is -0.120. The fourth-order valence-corrected chi connectivity index (χ4v) is 5.63. The van der Waals surface area contributed by atoms with E-state index in [1.807, 2.05) is 18.5 Å². The van der Waals surface area contributed by atoms with E-state index in [1.54, 1.807) is 11.6 Å². The number of anilines is 1. The molecule has 1 aliphatic rings. The van der Waals surface area contributed by atoms with E-state index in [0.717, 1.165) is 10.4 Å². The molecular weight excluding hydrogens is 483 g/mol. The predicted octanol–water partition coefficient (Wildman–Crippen LogP) is 3.55. The fourth-order valence-electron chi connectivity index (χ4n) is 3.24. The summed E-state index contributed by atoms with van der Waals surface area (Å²) in [5, 5.41) is 11.6. The maximum Gasteiger partial charge on any atom is 0.242 e. The third-order valence-electron chi connectivity index (χ3n) is 4.99. The molecule has 4 rings (SSSR count). The molecule has 3 unspecified atom stereocenters. The van der Waals surface area contributed by atoms with Gasteiger partial charge in [-0.05, 0) is 42.9 Å². The molecule has 0 saturated carbocycles. The van der Waals surface area contributed by atoms with Crippen LogP contribution >= 0.6 is 35.2 Å². The zero-order valence-electron chi connectivity index (χ0n) is 16.4. The number of halogens is 2. The van der Waals surface area contributed by atoms with Gasteiger partial charge in [0.1, 0.15) is 11.9 Å². The Morgan fingerprint density at radius 2 is 2.19 bits per heavy atom. The maximum absolute atomic E-state index is 13.4. The molecule has 0 radical (unpaired) electrons. The highest BCUT2D eigenvalue weighted by Crippen LogP contribution is 2.34. The molecule has 3 N–H and O–H groups in total. The number of H-pyrrole nitrogens is 1. The first kappa shape index (κ1) is 22.2. The van der Waals surface area contributed by atoms with E-state index in [9.17, 15) is 13.4 Å². The van der Waals surface area contributed by atoms with Crippen LogP contribution in [0.5, 0.6) is 0 Å². The molecule has 3 atom stereocenters. The Bertz CT molecular complexity index is 1230. The molecule has 1 amide bonds. The van der Waals surface area contributed by atoms with Crippen molar-refractivity contribution in [2.45, 2.75) is 18.5 Å². The average Bonchev–Trinajstić information content (AvgIpc) is 3.34. The van der Waals surface area contributed by atoms with Gasteiger partial charge < -0.3 is 9.88 Å². The van der Waals surface area contributed by atoms with Gasteiger partial charge in [-0.15, -0.1) is 11.3 Å². The Kier molecular flexibility index (Phi) is 6.37. The quantitative estimate of drug-likeness (QED) is 0.477. The molecule has 0 bridgehead atoms. The van der Waals surface area contributed by atoms with Gasteiger partial charge in [-0.2, -0.15) is 5.10 Å². The Morgan fingerprint density at radius 3 is 2.87 bits per heavy atom. The Labute approximate surface area is 194 Å². The van der Waals surface area contributed by atoms with E-state index < -0.39 is 23.0 Å². The molecule has 13 heteroatoms. The van der Waals surface area contributed by atoms with Crippen molar-refractivity contribution in [3.8, 4) is 11.4 Å². The normalized spacial score (nSPS) is 21.9. The number of thiophene rings is 1. The third kappa shape index (κ3) is 4.49. The van der Waals surface area contributed by atoms with E-state index in [2.05, 4.69) is 20.2 Å². The number of aromatic nitrogens is 3. The van der Waals surface area contributed by atoms with Crippen LogP contribution in [0.25, 0.3) is 11.4 Å². The van der Waals surface area contributed by atoms with Gasteiger partial charge in [-0.25, -0.2) is 17.6 Å². The SMILES string of the molecule is CN1C(C(=O)Nc2ccc(F)c(Cl)c2)CC(c2cc(-c3n[nH]c(=S)n3C)cs2)NS1=O. The maximum atomic E-state index is 13.4. The van der Waals surface area contributed by atoms with Crippen LogP contribution in [0.1, 0.15) is 17.3 Å². The number of hydrogen-bond donors (Lipinski definition) is 3. The average molecular weight is 501 g/mol. The number of carbonyl (C=O) groups is 1. The lowest BCUT2D eigenvalue weighted by Crippen LogP contribution is -2.52. The molecule has 1 aromatic carbocycles. The largest absolute Gasteiger partial charge is 0.325 e. The number of nitrogens with one attached hydrogen (secondary N) is 3. The first-order valence-corrected chi connectivity index (χ1v) is 11.9. The summed E-state index contributed by atoms with van der Waals surface area (Å²) < 4.78 is 32.8. The van der Waals surface area contributed by atoms with Crippen molar-refractivity contribution in [2.24, 2.45) is 7.05 Å². The standard InChI is InChI=1S/C18H18ClFN6O2S3/c1-25-16(22-23-18(25)29)9-5-15(30-8-9)13-7-14(26(2)31(28)24-13)17(27)21-10-3-4-12(20)11(19)6-10/h3-6,8,13-14,24H,7H2,1-2H3,(H,21,27)(H,23,29). The van der Waals surface area contributed by atoms with Crippen molar-refractivity contribution in [1.29, 1.82) is 0 Å². The smallest absolute Gasteiger partial charge is 0.242 e. The molecule has 31 heavy (non-hydrogen) atoms. The highest BCUT2D eigenvalue weighted by Gasteiger charge is 2.37. The van der Waals surface area contributed by atoms with Crippen LogP contribution in [0, 0.1) is 10.6 Å². The second-order valence-corrected chi connectivity index (χ2v) is 10.0. The summed E-state index contributed by atoms with van der Waals surface area (Å²) in [7, 11) is 3.43. The molecule has 2 aromatic heterocycles. The molecule has 1 fully saturated rings. The first-order valence-electron chi connectivity index (χ1n) is 9.11. The molecular formula is C18H18ClFN6O2S3. The number of aromatic amines is 1. The fraction of sp³-hybridized carbons (Fsp3) is 0.278. The number of carbonyl (C=O) groups excluding carboxylic acids is 1. The summed E-state index contributed by atoms with van der Waals surface area (Å²) in [6.07, 6.45) is 0.391. The van der Waals surface area contributed by atoms with Gasteiger partial charge in [0.15, 0.2) is 21.8 Å². The molecule has 164 valence electrons. The van der Waals surface area contributed by atoms with Crippen molar-refractivity contribution in [3.63, 3.8) is 0 Å². The van der Waals surface area contributed by atoms with Gasteiger partial charge in [0.2, 0.25) is 5.91 Å². The van der Waals surface area contributed by atoms with E-state index >= 15 is 0 Å². The van der Waals surface area contributed by atoms with Crippen molar-refractivity contribution in [2.75, 3.05) is 12.4 Å². The summed E-state index contributed by atoms with van der Waals surface area (Å²) in [5.41, 5.74) is 1.25. The second kappa shape index (κ2) is 8.88. The summed E-state index contributed by atoms with van der Waals surface area (Å²) in [6.45, 7) is 0. The predicted molar refractivity (Wildman–Crippen MR) is 122 cm³/mol. The summed E-state index contributed by atoms with van der Waals surface area (Å²) in [4.78, 5) is 13.8. The molecule has 3 aromatic rings. The minimum atomic E-state index is -1.57. The van der Waals surface area contributed by atoms with E-state index in [-0.39, 0.29) is 17.0 Å². The second-order valence-electron chi connectivity index (χ2n) is 6.98. The van der Waals surface area contributed by atoms with Crippen molar-refractivity contribution < 1.29 is 13.4 Å². The first-order chi connectivity index (χ1) is 14.7. The van der Waals surface area contributed by atoms with Gasteiger partial charge in [0.25, 0.3) is 0 Å². The highest BCUT2D eigenvalue weighted by molar-refractivity contribution is 7.80. The molecule has 1 aliphatic heterocycles. The van der Waals surface area contributed by atoms with Crippen LogP contribution < -0.4 is 10.0 Å². The Morgan fingerprint density at radius 1 is 1.42 bits per heavy atom. The highest BCUT2D eigenvalue weighted by atomic mass is 35.5. The minimum absolute atomic E-state index is 0.0854. The molecule has 1 saturated heterocycles. The van der Waals surface area contributed by atoms with Crippen LogP contribution in [-0.4, -0.2) is 42.3 Å². The summed E-state index contributed by atoms with van der Waals surface area (Å²) in [5.74, 6) is -0.220. The number of rotatable bonds is 4. The van der Waals surface area contributed by atoms with Gasteiger partial charge in [0.05, 0.1) is 11.1 Å². The zero-order valence-corrected chi connectivity index (χ0v) is 19.6. The van der Waals surface area contributed by atoms with Crippen molar-refractivity contribution in [1.82, 2.24) is 23.8 Å².